The summed E-state index contributed by atoms with van der Waals surface area (Å²) in [6.07, 6.45) is 7.48. The van der Waals surface area contributed by atoms with Crippen LogP contribution in [-0.4, -0.2) is 46.7 Å². The highest BCUT2D eigenvalue weighted by atomic mass is 32.1. The summed E-state index contributed by atoms with van der Waals surface area (Å²) in [7, 11) is 0. The van der Waals surface area contributed by atoms with E-state index in [1.807, 2.05) is 6.07 Å². The molecule has 1 aliphatic carbocycles. The van der Waals surface area contributed by atoms with E-state index in [0.717, 1.165) is 48.1 Å². The Balaban J connectivity index is 1.19. The van der Waals surface area contributed by atoms with Crippen molar-refractivity contribution in [3.8, 4) is 11.1 Å². The average Bonchev–Trinajstić information content (AvgIpc) is 3.54. The van der Waals surface area contributed by atoms with Gasteiger partial charge in [-0.1, -0.05) is 48.5 Å². The fourth-order valence-electron chi connectivity index (χ4n) is 5.60. The standard InChI is InChI=1S/C29H32N4OS/c34-29-27-25-12-11-24(30-13-16-32-14-4-5-15-32)18-26(25)35-28(27)31-20-33(29)19-21-7-6-10-23(17-21)22-8-2-1-3-9-22/h1-3,6-10,17,20,24,30H,4-5,11-16,18-19H2. The topological polar surface area (TPSA) is 50.2 Å². The number of fused-ring (bicyclic) bond motifs is 3. The predicted octanol–water partition coefficient (Wildman–Crippen LogP) is 4.72. The Morgan fingerprint density at radius 1 is 1.03 bits per heavy atom. The van der Waals surface area contributed by atoms with E-state index in [1.54, 1.807) is 22.2 Å². The molecular formula is C29H32N4OS. The molecule has 2 aliphatic rings. The molecule has 1 atom stereocenters. The van der Waals surface area contributed by atoms with Gasteiger partial charge >= 0.3 is 0 Å². The minimum atomic E-state index is 0.0954. The maximum absolute atomic E-state index is 13.5. The molecule has 2 aromatic carbocycles. The van der Waals surface area contributed by atoms with Crippen molar-refractivity contribution in [2.24, 2.45) is 0 Å². The Morgan fingerprint density at radius 2 is 1.86 bits per heavy atom. The molecule has 1 fully saturated rings. The number of hydrogen-bond donors (Lipinski definition) is 1. The van der Waals surface area contributed by atoms with Gasteiger partial charge in [0.15, 0.2) is 0 Å². The van der Waals surface area contributed by atoms with Crippen molar-refractivity contribution in [1.82, 2.24) is 19.8 Å². The maximum Gasteiger partial charge on any atom is 0.262 e. The van der Waals surface area contributed by atoms with E-state index in [1.165, 1.54) is 47.5 Å². The van der Waals surface area contributed by atoms with Crippen LogP contribution in [0.15, 0.2) is 65.7 Å². The zero-order chi connectivity index (χ0) is 23.6. The predicted molar refractivity (Wildman–Crippen MR) is 144 cm³/mol. The molecule has 1 aliphatic heterocycles. The van der Waals surface area contributed by atoms with Gasteiger partial charge in [-0.05, 0) is 73.5 Å². The van der Waals surface area contributed by atoms with Crippen LogP contribution < -0.4 is 10.9 Å². The second kappa shape index (κ2) is 10.1. The molecule has 6 heteroatoms. The number of nitrogens with zero attached hydrogens (tertiary/aromatic N) is 3. The number of thiophene rings is 1. The molecule has 4 aromatic rings. The van der Waals surface area contributed by atoms with E-state index in [-0.39, 0.29) is 5.56 Å². The zero-order valence-corrected chi connectivity index (χ0v) is 20.9. The first kappa shape index (κ1) is 22.7. The third kappa shape index (κ3) is 4.83. The Morgan fingerprint density at radius 3 is 2.71 bits per heavy atom. The monoisotopic (exact) mass is 484 g/mol. The van der Waals surface area contributed by atoms with Crippen LogP contribution >= 0.6 is 11.3 Å². The number of aromatic nitrogens is 2. The summed E-state index contributed by atoms with van der Waals surface area (Å²) in [6.45, 7) is 5.24. The van der Waals surface area contributed by atoms with E-state index in [4.69, 9.17) is 4.98 Å². The summed E-state index contributed by atoms with van der Waals surface area (Å²) in [5, 5.41) is 4.62. The Labute approximate surface area is 210 Å². The Kier molecular flexibility index (Phi) is 6.51. The Hall–Kier alpha value is -2.80. The Bertz CT molecular complexity index is 1370. The highest BCUT2D eigenvalue weighted by Gasteiger charge is 2.25. The van der Waals surface area contributed by atoms with Gasteiger partial charge in [-0.3, -0.25) is 9.36 Å². The van der Waals surface area contributed by atoms with Gasteiger partial charge in [0.1, 0.15) is 4.83 Å². The van der Waals surface area contributed by atoms with Gasteiger partial charge in [-0.15, -0.1) is 11.3 Å². The molecule has 2 aromatic heterocycles. The molecule has 35 heavy (non-hydrogen) atoms. The number of benzene rings is 2. The molecule has 5 nitrogen and oxygen atoms in total. The second-order valence-corrected chi connectivity index (χ2v) is 11.0. The number of aryl methyl sites for hydroxylation is 1. The van der Waals surface area contributed by atoms with Crippen LogP contribution in [-0.2, 0) is 19.4 Å². The molecule has 180 valence electrons. The molecule has 1 N–H and O–H groups in total. The molecule has 1 saturated heterocycles. The van der Waals surface area contributed by atoms with Crippen LogP contribution in [0.5, 0.6) is 0 Å². The van der Waals surface area contributed by atoms with Gasteiger partial charge in [-0.2, -0.15) is 0 Å². The number of nitrogens with one attached hydrogen (secondary N) is 1. The van der Waals surface area contributed by atoms with Crippen molar-refractivity contribution in [1.29, 1.82) is 0 Å². The number of likely N-dealkylation sites (tertiary alicyclic amines) is 1. The average molecular weight is 485 g/mol. The van der Waals surface area contributed by atoms with Gasteiger partial charge in [-0.25, -0.2) is 4.98 Å². The molecule has 0 spiro atoms. The normalized spacial score (nSPS) is 18.2. The summed E-state index contributed by atoms with van der Waals surface area (Å²) in [4.78, 5) is 23.0. The summed E-state index contributed by atoms with van der Waals surface area (Å²) < 4.78 is 1.78. The van der Waals surface area contributed by atoms with Crippen molar-refractivity contribution in [2.45, 2.75) is 44.7 Å². The summed E-state index contributed by atoms with van der Waals surface area (Å²) in [5.74, 6) is 0. The molecule has 0 bridgehead atoms. The van der Waals surface area contributed by atoms with Gasteiger partial charge in [0.25, 0.3) is 5.56 Å². The van der Waals surface area contributed by atoms with Crippen LogP contribution in [0, 0.1) is 0 Å². The highest BCUT2D eigenvalue weighted by molar-refractivity contribution is 7.18. The van der Waals surface area contributed by atoms with Crippen LogP contribution in [0.25, 0.3) is 21.3 Å². The van der Waals surface area contributed by atoms with E-state index >= 15 is 0 Å². The fraction of sp³-hybridized carbons (Fsp3) is 0.379. The van der Waals surface area contributed by atoms with Gasteiger partial charge in [0.2, 0.25) is 0 Å². The van der Waals surface area contributed by atoms with Crippen molar-refractivity contribution < 1.29 is 0 Å². The van der Waals surface area contributed by atoms with Crippen LogP contribution in [0.1, 0.15) is 35.3 Å². The quantitative estimate of drug-likeness (QED) is 0.413. The summed E-state index contributed by atoms with van der Waals surface area (Å²) in [6, 6.07) is 19.3. The summed E-state index contributed by atoms with van der Waals surface area (Å²) >= 11 is 1.72. The van der Waals surface area contributed by atoms with Gasteiger partial charge in [0, 0.05) is 24.0 Å². The first-order valence-electron chi connectivity index (χ1n) is 12.8. The molecule has 0 radical (unpaired) electrons. The highest BCUT2D eigenvalue weighted by Crippen LogP contribution is 2.33. The van der Waals surface area contributed by atoms with Gasteiger partial charge < -0.3 is 10.2 Å². The molecule has 0 saturated carbocycles. The van der Waals surface area contributed by atoms with E-state index in [2.05, 4.69) is 58.7 Å². The number of hydrogen-bond acceptors (Lipinski definition) is 5. The van der Waals surface area contributed by atoms with Crippen LogP contribution in [0.3, 0.4) is 0 Å². The zero-order valence-electron chi connectivity index (χ0n) is 20.1. The van der Waals surface area contributed by atoms with Crippen molar-refractivity contribution in [2.75, 3.05) is 26.2 Å². The van der Waals surface area contributed by atoms with E-state index in [9.17, 15) is 4.79 Å². The largest absolute Gasteiger partial charge is 0.312 e. The molecule has 6 rings (SSSR count). The lowest BCUT2D eigenvalue weighted by molar-refractivity contribution is 0.322. The first-order valence-corrected chi connectivity index (χ1v) is 13.7. The maximum atomic E-state index is 13.5. The lowest BCUT2D eigenvalue weighted by Gasteiger charge is -2.24. The minimum absolute atomic E-state index is 0.0954. The number of rotatable bonds is 7. The van der Waals surface area contributed by atoms with E-state index < -0.39 is 0 Å². The minimum Gasteiger partial charge on any atom is -0.312 e. The van der Waals surface area contributed by atoms with Crippen LogP contribution in [0.2, 0.25) is 0 Å². The fourth-order valence-corrected chi connectivity index (χ4v) is 6.86. The van der Waals surface area contributed by atoms with E-state index in [0.29, 0.717) is 12.6 Å². The van der Waals surface area contributed by atoms with Crippen LogP contribution in [0.4, 0.5) is 0 Å². The lowest BCUT2D eigenvalue weighted by atomic mass is 9.93. The second-order valence-electron chi connectivity index (χ2n) is 9.87. The molecule has 3 heterocycles. The summed E-state index contributed by atoms with van der Waals surface area (Å²) in [5.41, 5.74) is 4.80. The first-order chi connectivity index (χ1) is 17.2. The smallest absolute Gasteiger partial charge is 0.262 e. The SMILES string of the molecule is O=c1c2c3c(sc2ncn1Cc1cccc(-c2ccccc2)c1)CC(NCCN1CCCC1)CC3. The third-order valence-corrected chi connectivity index (χ3v) is 8.64. The van der Waals surface area contributed by atoms with Gasteiger partial charge in [0.05, 0.1) is 18.3 Å². The molecule has 1 unspecified atom stereocenters. The third-order valence-electron chi connectivity index (χ3n) is 7.48. The van der Waals surface area contributed by atoms with Crippen molar-refractivity contribution in [3.05, 3.63) is 87.3 Å². The lowest BCUT2D eigenvalue weighted by Crippen LogP contribution is -2.39. The van der Waals surface area contributed by atoms with Crippen molar-refractivity contribution >= 4 is 21.6 Å². The van der Waals surface area contributed by atoms with Crippen molar-refractivity contribution in [3.63, 3.8) is 0 Å². The molecule has 0 amide bonds. The molecular weight excluding hydrogens is 452 g/mol.